The fraction of sp³-hybridized carbons (Fsp3) is 0.190. The summed E-state index contributed by atoms with van der Waals surface area (Å²) in [5, 5.41) is 11.1. The largest absolute Gasteiger partial charge is 0.350 e. The van der Waals surface area contributed by atoms with Gasteiger partial charge in [-0.05, 0) is 60.9 Å². The fourth-order valence-electron chi connectivity index (χ4n) is 3.19. The SMILES string of the molecule is Cc1cc(C)n(-c2ccc(Cl)c(C(=O)NCCc3csc4ccccc34)n2)n1. The molecule has 0 fully saturated rings. The van der Waals surface area contributed by atoms with Crippen molar-refractivity contribution in [2.75, 3.05) is 6.54 Å². The second-order valence-corrected chi connectivity index (χ2v) is 7.92. The van der Waals surface area contributed by atoms with E-state index in [0.717, 1.165) is 17.8 Å². The first kappa shape index (κ1) is 18.7. The molecule has 0 spiro atoms. The van der Waals surface area contributed by atoms with Crippen LogP contribution in [0.4, 0.5) is 0 Å². The highest BCUT2D eigenvalue weighted by Gasteiger charge is 2.15. The Morgan fingerprint density at radius 3 is 2.82 bits per heavy atom. The molecule has 0 unspecified atom stereocenters. The number of benzene rings is 1. The molecule has 4 aromatic rings. The minimum Gasteiger partial charge on any atom is -0.350 e. The van der Waals surface area contributed by atoms with Gasteiger partial charge in [0.1, 0.15) is 5.69 Å². The monoisotopic (exact) mass is 410 g/mol. The predicted octanol–water partition coefficient (Wildman–Crippen LogP) is 4.72. The smallest absolute Gasteiger partial charge is 0.271 e. The molecule has 3 aromatic heterocycles. The van der Waals surface area contributed by atoms with Crippen LogP contribution in [-0.4, -0.2) is 27.2 Å². The van der Waals surface area contributed by atoms with Gasteiger partial charge in [-0.3, -0.25) is 4.79 Å². The Labute approximate surface area is 172 Å². The van der Waals surface area contributed by atoms with Gasteiger partial charge in [0.2, 0.25) is 0 Å². The Kier molecular flexibility index (Phi) is 5.15. The Morgan fingerprint density at radius 2 is 2.04 bits per heavy atom. The number of carbonyl (C=O) groups excluding carboxylic acids is 1. The average Bonchev–Trinajstić information content (AvgIpc) is 3.25. The highest BCUT2D eigenvalue weighted by atomic mass is 35.5. The van der Waals surface area contributed by atoms with E-state index in [0.29, 0.717) is 17.4 Å². The van der Waals surface area contributed by atoms with Crippen molar-refractivity contribution in [3.63, 3.8) is 0 Å². The van der Waals surface area contributed by atoms with E-state index < -0.39 is 0 Å². The molecule has 3 heterocycles. The molecular weight excluding hydrogens is 392 g/mol. The number of pyridine rings is 1. The molecule has 0 aliphatic carbocycles. The lowest BCUT2D eigenvalue weighted by Gasteiger charge is -2.09. The zero-order valence-electron chi connectivity index (χ0n) is 15.6. The quantitative estimate of drug-likeness (QED) is 0.517. The second kappa shape index (κ2) is 7.73. The summed E-state index contributed by atoms with van der Waals surface area (Å²) in [4.78, 5) is 17.1. The summed E-state index contributed by atoms with van der Waals surface area (Å²) in [5.74, 6) is 0.289. The summed E-state index contributed by atoms with van der Waals surface area (Å²) >= 11 is 7.95. The number of hydrogen-bond acceptors (Lipinski definition) is 4. The Hall–Kier alpha value is -2.70. The number of carbonyl (C=O) groups is 1. The topological polar surface area (TPSA) is 59.8 Å². The van der Waals surface area contributed by atoms with Gasteiger partial charge < -0.3 is 5.32 Å². The summed E-state index contributed by atoms with van der Waals surface area (Å²) in [6.07, 6.45) is 0.754. The van der Waals surface area contributed by atoms with Crippen molar-refractivity contribution in [3.8, 4) is 5.82 Å². The third kappa shape index (κ3) is 3.66. The lowest BCUT2D eigenvalue weighted by molar-refractivity contribution is 0.0949. The molecule has 28 heavy (non-hydrogen) atoms. The van der Waals surface area contributed by atoms with E-state index in [1.165, 1.54) is 15.6 Å². The molecule has 1 N–H and O–H groups in total. The number of halogens is 1. The van der Waals surface area contributed by atoms with E-state index in [2.05, 4.69) is 32.9 Å². The zero-order chi connectivity index (χ0) is 19.7. The van der Waals surface area contributed by atoms with Crippen LogP contribution in [0, 0.1) is 13.8 Å². The number of amides is 1. The molecule has 0 radical (unpaired) electrons. The fourth-order valence-corrected chi connectivity index (χ4v) is 4.38. The van der Waals surface area contributed by atoms with Gasteiger partial charge in [0, 0.05) is 16.9 Å². The van der Waals surface area contributed by atoms with Crippen LogP contribution in [0.15, 0.2) is 47.8 Å². The normalized spacial score (nSPS) is 11.1. The minimum absolute atomic E-state index is 0.210. The van der Waals surface area contributed by atoms with Crippen molar-refractivity contribution in [2.24, 2.45) is 0 Å². The Bertz CT molecular complexity index is 1160. The molecule has 7 heteroatoms. The highest BCUT2D eigenvalue weighted by Crippen LogP contribution is 2.25. The maximum absolute atomic E-state index is 12.6. The Balaban J connectivity index is 1.48. The van der Waals surface area contributed by atoms with Crippen LogP contribution in [-0.2, 0) is 6.42 Å². The lowest BCUT2D eigenvalue weighted by Crippen LogP contribution is -2.27. The van der Waals surface area contributed by atoms with Gasteiger partial charge in [0.25, 0.3) is 5.91 Å². The first-order chi connectivity index (χ1) is 13.5. The number of nitrogens with one attached hydrogen (secondary N) is 1. The maximum Gasteiger partial charge on any atom is 0.271 e. The van der Waals surface area contributed by atoms with E-state index in [-0.39, 0.29) is 11.6 Å². The Morgan fingerprint density at radius 1 is 1.21 bits per heavy atom. The molecule has 142 valence electrons. The number of nitrogens with zero attached hydrogens (tertiary/aromatic N) is 3. The van der Waals surface area contributed by atoms with Crippen LogP contribution in [0.25, 0.3) is 15.9 Å². The van der Waals surface area contributed by atoms with Crippen molar-refractivity contribution < 1.29 is 4.79 Å². The summed E-state index contributed by atoms with van der Waals surface area (Å²) in [5.41, 5.74) is 3.28. The van der Waals surface area contributed by atoms with E-state index in [1.54, 1.807) is 28.2 Å². The van der Waals surface area contributed by atoms with Gasteiger partial charge in [0.15, 0.2) is 5.82 Å². The average molecular weight is 411 g/mol. The number of hydrogen-bond donors (Lipinski definition) is 1. The molecule has 0 bridgehead atoms. The maximum atomic E-state index is 12.6. The van der Waals surface area contributed by atoms with E-state index in [4.69, 9.17) is 11.6 Å². The van der Waals surface area contributed by atoms with Gasteiger partial charge in [-0.15, -0.1) is 11.3 Å². The van der Waals surface area contributed by atoms with Crippen molar-refractivity contribution >= 4 is 38.9 Å². The molecule has 0 saturated carbocycles. The molecular formula is C21H19ClN4OS. The molecule has 0 atom stereocenters. The molecule has 1 amide bonds. The first-order valence-corrected chi connectivity index (χ1v) is 10.2. The summed E-state index contributed by atoms with van der Waals surface area (Å²) in [6.45, 7) is 4.38. The van der Waals surface area contributed by atoms with Crippen LogP contribution in [0.1, 0.15) is 27.4 Å². The number of aromatic nitrogens is 3. The summed E-state index contributed by atoms with van der Waals surface area (Å²) in [7, 11) is 0. The van der Waals surface area contributed by atoms with Crippen LogP contribution >= 0.6 is 22.9 Å². The number of fused-ring (bicyclic) bond motifs is 1. The van der Waals surface area contributed by atoms with Crippen LogP contribution < -0.4 is 5.32 Å². The predicted molar refractivity (Wildman–Crippen MR) is 114 cm³/mol. The van der Waals surface area contributed by atoms with Crippen molar-refractivity contribution in [2.45, 2.75) is 20.3 Å². The van der Waals surface area contributed by atoms with Crippen molar-refractivity contribution in [3.05, 3.63) is 75.5 Å². The minimum atomic E-state index is -0.284. The third-order valence-electron chi connectivity index (χ3n) is 4.51. The van der Waals surface area contributed by atoms with Gasteiger partial charge in [-0.1, -0.05) is 29.8 Å². The first-order valence-electron chi connectivity index (χ1n) is 8.96. The standard InChI is InChI=1S/C21H19ClN4OS/c1-13-11-14(2)26(25-13)19-8-7-17(22)20(24-19)21(27)23-10-9-15-12-28-18-6-4-3-5-16(15)18/h3-8,11-12H,9-10H2,1-2H3,(H,23,27). The van der Waals surface area contributed by atoms with Crippen molar-refractivity contribution in [1.82, 2.24) is 20.1 Å². The number of thiophene rings is 1. The van der Waals surface area contributed by atoms with Crippen LogP contribution in [0.3, 0.4) is 0 Å². The van der Waals surface area contributed by atoms with Gasteiger partial charge in [-0.25, -0.2) is 9.67 Å². The molecule has 5 nitrogen and oxygen atoms in total. The zero-order valence-corrected chi connectivity index (χ0v) is 17.1. The van der Waals surface area contributed by atoms with E-state index in [9.17, 15) is 4.79 Å². The van der Waals surface area contributed by atoms with Gasteiger partial charge in [-0.2, -0.15) is 5.10 Å². The lowest BCUT2D eigenvalue weighted by atomic mass is 10.1. The molecule has 0 aliphatic heterocycles. The molecule has 4 rings (SSSR count). The van der Waals surface area contributed by atoms with Crippen LogP contribution in [0.2, 0.25) is 5.02 Å². The van der Waals surface area contributed by atoms with Crippen molar-refractivity contribution in [1.29, 1.82) is 0 Å². The van der Waals surface area contributed by atoms with Crippen LogP contribution in [0.5, 0.6) is 0 Å². The second-order valence-electron chi connectivity index (χ2n) is 6.60. The highest BCUT2D eigenvalue weighted by molar-refractivity contribution is 7.17. The third-order valence-corrected chi connectivity index (χ3v) is 5.83. The van der Waals surface area contributed by atoms with E-state index in [1.807, 2.05) is 32.0 Å². The van der Waals surface area contributed by atoms with Gasteiger partial charge >= 0.3 is 0 Å². The molecule has 1 aromatic carbocycles. The van der Waals surface area contributed by atoms with E-state index >= 15 is 0 Å². The van der Waals surface area contributed by atoms with Gasteiger partial charge in [0.05, 0.1) is 10.7 Å². The molecule has 0 saturated heterocycles. The number of aryl methyl sites for hydroxylation is 2. The number of rotatable bonds is 5. The summed E-state index contributed by atoms with van der Waals surface area (Å²) in [6, 6.07) is 13.7. The molecule has 0 aliphatic rings. The summed E-state index contributed by atoms with van der Waals surface area (Å²) < 4.78 is 2.96.